The predicted molar refractivity (Wildman–Crippen MR) is 160 cm³/mol. The Morgan fingerprint density at radius 3 is 2.29 bits per heavy atom. The Hall–Kier alpha value is -4.94. The number of allylic oxidation sites excluding steroid dienone is 1. The molecule has 1 aliphatic rings. The number of esters is 1. The van der Waals surface area contributed by atoms with Crippen LogP contribution in [0.4, 0.5) is 0 Å². The minimum absolute atomic E-state index is 0.212. The summed E-state index contributed by atoms with van der Waals surface area (Å²) in [6.45, 7) is 6.54. The summed E-state index contributed by atoms with van der Waals surface area (Å²) in [7, 11) is 0. The third-order valence-corrected chi connectivity index (χ3v) is 7.67. The normalized spacial score (nSPS) is 14.5. The first-order valence-electron chi connectivity index (χ1n) is 13.6. The number of ether oxygens (including phenoxy) is 3. The van der Waals surface area contributed by atoms with Gasteiger partial charge in [0.05, 0.1) is 46.7 Å². The van der Waals surface area contributed by atoms with E-state index in [2.05, 4.69) is 11.1 Å². The van der Waals surface area contributed by atoms with Crippen molar-refractivity contribution in [3.05, 3.63) is 126 Å². The maximum Gasteiger partial charge on any atom is 0.338 e. The summed E-state index contributed by atoms with van der Waals surface area (Å²) >= 11 is 1.28. The van der Waals surface area contributed by atoms with Crippen molar-refractivity contribution in [3.63, 3.8) is 0 Å². The van der Waals surface area contributed by atoms with Crippen molar-refractivity contribution in [2.75, 3.05) is 13.2 Å². The smallest absolute Gasteiger partial charge is 0.338 e. The van der Waals surface area contributed by atoms with E-state index in [4.69, 9.17) is 19.5 Å². The molecule has 5 rings (SSSR count). The van der Waals surface area contributed by atoms with E-state index in [-0.39, 0.29) is 12.2 Å². The van der Waals surface area contributed by atoms with Gasteiger partial charge >= 0.3 is 5.97 Å². The number of hydrogen-bond acceptors (Lipinski definition) is 8. The Kier molecular flexibility index (Phi) is 8.65. The van der Waals surface area contributed by atoms with E-state index in [9.17, 15) is 9.59 Å². The fraction of sp³-hybridized carbons (Fsp3) is 0.212. The Bertz CT molecular complexity index is 1850. The first-order chi connectivity index (χ1) is 20.4. The number of thiazole rings is 1. The second-order valence-corrected chi connectivity index (χ2v) is 10.5. The second kappa shape index (κ2) is 12.7. The lowest BCUT2D eigenvalue weighted by molar-refractivity contribution is -0.139. The van der Waals surface area contributed by atoms with Crippen molar-refractivity contribution in [3.8, 4) is 17.6 Å². The van der Waals surface area contributed by atoms with Gasteiger partial charge in [0.25, 0.3) is 5.56 Å². The first kappa shape index (κ1) is 28.6. The molecule has 0 aliphatic carbocycles. The fourth-order valence-electron chi connectivity index (χ4n) is 4.67. The highest BCUT2D eigenvalue weighted by molar-refractivity contribution is 7.07. The Balaban J connectivity index is 1.46. The summed E-state index contributed by atoms with van der Waals surface area (Å²) in [6, 6.07) is 23.5. The highest BCUT2D eigenvalue weighted by atomic mass is 32.1. The molecule has 0 bridgehead atoms. The van der Waals surface area contributed by atoms with Crippen LogP contribution < -0.4 is 24.4 Å². The largest absolute Gasteiger partial charge is 0.494 e. The van der Waals surface area contributed by atoms with Crippen LogP contribution in [0.1, 0.15) is 49.1 Å². The molecule has 0 saturated carbocycles. The maximum absolute atomic E-state index is 13.8. The number of nitriles is 1. The number of carbonyl (C=O) groups excluding carboxylic acids is 1. The van der Waals surface area contributed by atoms with Crippen molar-refractivity contribution in [2.45, 2.75) is 33.4 Å². The van der Waals surface area contributed by atoms with E-state index in [1.54, 1.807) is 30.5 Å². The first-order valence-corrected chi connectivity index (χ1v) is 14.4. The number of hydrogen-bond donors (Lipinski definition) is 0. The minimum atomic E-state index is -0.684. The van der Waals surface area contributed by atoms with Crippen molar-refractivity contribution in [1.29, 1.82) is 5.26 Å². The van der Waals surface area contributed by atoms with E-state index in [1.807, 2.05) is 73.7 Å². The van der Waals surface area contributed by atoms with Gasteiger partial charge < -0.3 is 14.2 Å². The summed E-state index contributed by atoms with van der Waals surface area (Å²) in [5, 5.41) is 8.95. The van der Waals surface area contributed by atoms with E-state index in [0.29, 0.717) is 50.9 Å². The quantitative estimate of drug-likeness (QED) is 0.268. The van der Waals surface area contributed by atoms with Crippen LogP contribution in [0.25, 0.3) is 6.08 Å². The van der Waals surface area contributed by atoms with Gasteiger partial charge in [-0.2, -0.15) is 5.26 Å². The van der Waals surface area contributed by atoms with Crippen LogP contribution in [0.15, 0.2) is 93.9 Å². The van der Waals surface area contributed by atoms with Crippen LogP contribution in [0.2, 0.25) is 0 Å². The molecular formula is C33H29N3O5S. The zero-order valence-corrected chi connectivity index (χ0v) is 24.3. The number of carbonyl (C=O) groups is 1. The van der Waals surface area contributed by atoms with Gasteiger partial charge in [0.2, 0.25) is 0 Å². The third kappa shape index (κ3) is 6.04. The minimum Gasteiger partial charge on any atom is -0.494 e. The van der Waals surface area contributed by atoms with E-state index < -0.39 is 12.0 Å². The molecular weight excluding hydrogens is 550 g/mol. The molecule has 212 valence electrons. The molecule has 0 fully saturated rings. The highest BCUT2D eigenvalue weighted by Gasteiger charge is 2.33. The lowest BCUT2D eigenvalue weighted by Crippen LogP contribution is -2.39. The average Bonchev–Trinajstić information content (AvgIpc) is 3.30. The molecule has 1 aromatic heterocycles. The second-order valence-electron chi connectivity index (χ2n) is 9.47. The Morgan fingerprint density at radius 2 is 1.64 bits per heavy atom. The molecule has 3 aromatic carbocycles. The maximum atomic E-state index is 13.8. The van der Waals surface area contributed by atoms with Gasteiger partial charge in [-0.15, -0.1) is 0 Å². The summed E-state index contributed by atoms with van der Waals surface area (Å²) < 4.78 is 18.9. The lowest BCUT2D eigenvalue weighted by atomic mass is 9.96. The van der Waals surface area contributed by atoms with Crippen molar-refractivity contribution < 1.29 is 19.0 Å². The van der Waals surface area contributed by atoms with E-state index in [0.717, 1.165) is 16.7 Å². The molecule has 0 spiro atoms. The molecule has 42 heavy (non-hydrogen) atoms. The number of rotatable bonds is 9. The SMILES string of the molecule is CCOC(=O)C1=C(C)N=c2s/c(=C\c3ccc(OCc4ccc(C#N)cc4)cc3)c(=O)n2[C@H]1c1ccc(OCC)cc1. The van der Waals surface area contributed by atoms with Gasteiger partial charge in [0.15, 0.2) is 4.80 Å². The lowest BCUT2D eigenvalue weighted by Gasteiger charge is -2.24. The third-order valence-electron chi connectivity index (χ3n) is 6.69. The van der Waals surface area contributed by atoms with Crippen LogP contribution in [-0.2, 0) is 16.1 Å². The summed E-state index contributed by atoms with van der Waals surface area (Å²) in [4.78, 5) is 32.0. The molecule has 0 radical (unpaired) electrons. The monoisotopic (exact) mass is 579 g/mol. The topological polar surface area (TPSA) is 103 Å². The summed E-state index contributed by atoms with van der Waals surface area (Å²) in [5.41, 5.74) is 3.75. The predicted octanol–water partition coefficient (Wildman–Crippen LogP) is 4.65. The van der Waals surface area contributed by atoms with Gasteiger partial charge in [-0.05, 0) is 79.9 Å². The molecule has 0 amide bonds. The van der Waals surface area contributed by atoms with Gasteiger partial charge in [0, 0.05) is 0 Å². The van der Waals surface area contributed by atoms with E-state index >= 15 is 0 Å². The molecule has 8 nitrogen and oxygen atoms in total. The number of aromatic nitrogens is 1. The van der Waals surface area contributed by atoms with Gasteiger partial charge in [-0.3, -0.25) is 9.36 Å². The number of benzene rings is 3. The molecule has 1 aliphatic heterocycles. The Labute approximate surface area is 247 Å². The van der Waals surface area contributed by atoms with Gasteiger partial charge in [-0.1, -0.05) is 47.7 Å². The van der Waals surface area contributed by atoms with Crippen LogP contribution in [-0.4, -0.2) is 23.8 Å². The summed E-state index contributed by atoms with van der Waals surface area (Å²) in [5.74, 6) is 0.892. The van der Waals surface area contributed by atoms with Crippen molar-refractivity contribution >= 4 is 23.4 Å². The van der Waals surface area contributed by atoms with Crippen LogP contribution in [0.5, 0.6) is 11.5 Å². The van der Waals surface area contributed by atoms with Crippen LogP contribution in [0.3, 0.4) is 0 Å². The molecule has 1 atom stereocenters. The van der Waals surface area contributed by atoms with Crippen LogP contribution in [0, 0.1) is 11.3 Å². The van der Waals surface area contributed by atoms with Crippen LogP contribution >= 0.6 is 11.3 Å². The van der Waals surface area contributed by atoms with Crippen molar-refractivity contribution in [2.24, 2.45) is 4.99 Å². The average molecular weight is 580 g/mol. The molecule has 0 saturated heterocycles. The summed E-state index contributed by atoms with van der Waals surface area (Å²) in [6.07, 6.45) is 1.81. The molecule has 9 heteroatoms. The molecule has 0 N–H and O–H groups in total. The number of fused-ring (bicyclic) bond motifs is 1. The zero-order chi connectivity index (χ0) is 29.6. The molecule has 0 unspecified atom stereocenters. The van der Waals surface area contributed by atoms with E-state index in [1.165, 1.54) is 11.3 Å². The standard InChI is InChI=1S/C33H29N3O5S/c1-4-39-26-16-12-25(13-17-26)30-29(32(38)40-5-2)21(3)35-33-36(30)31(37)28(42-33)18-22-10-14-27(15-11-22)41-20-24-8-6-23(19-34)7-9-24/h6-18,30H,4-5,20H2,1-3H3/b28-18-/t30-/m0/s1. The van der Waals surface area contributed by atoms with Gasteiger partial charge in [-0.25, -0.2) is 9.79 Å². The molecule has 2 heterocycles. The van der Waals surface area contributed by atoms with Gasteiger partial charge in [0.1, 0.15) is 18.1 Å². The van der Waals surface area contributed by atoms with Crippen molar-refractivity contribution in [1.82, 2.24) is 4.57 Å². The highest BCUT2D eigenvalue weighted by Crippen LogP contribution is 2.31. The zero-order valence-electron chi connectivity index (χ0n) is 23.5. The molecule has 4 aromatic rings. The Morgan fingerprint density at radius 1 is 0.976 bits per heavy atom. The fourth-order valence-corrected chi connectivity index (χ4v) is 5.72. The number of nitrogens with zero attached hydrogens (tertiary/aromatic N) is 3.